The number of nitrogens with zero attached hydrogens (tertiary/aromatic N) is 4. The highest BCUT2D eigenvalue weighted by atomic mass is 35.5. The second-order valence-electron chi connectivity index (χ2n) is 4.74. The third kappa shape index (κ3) is 2.83. The van der Waals surface area contributed by atoms with Crippen LogP contribution in [0.3, 0.4) is 0 Å². The summed E-state index contributed by atoms with van der Waals surface area (Å²) in [7, 11) is 0. The van der Waals surface area contributed by atoms with Crippen LogP contribution in [0, 0.1) is 6.92 Å². The highest BCUT2D eigenvalue weighted by Gasteiger charge is 2.22. The average molecular weight is 295 g/mol. The molecule has 0 fully saturated rings. The second kappa shape index (κ2) is 6.33. The van der Waals surface area contributed by atoms with E-state index in [1.165, 1.54) is 0 Å². The van der Waals surface area contributed by atoms with Crippen molar-refractivity contribution in [2.24, 2.45) is 0 Å². The van der Waals surface area contributed by atoms with Gasteiger partial charge in [0, 0.05) is 12.1 Å². The first-order chi connectivity index (χ1) is 9.58. The van der Waals surface area contributed by atoms with Crippen molar-refractivity contribution in [3.8, 4) is 0 Å². The molecular formula is C14H19ClN4O. The molecule has 0 radical (unpaired) electrons. The van der Waals surface area contributed by atoms with E-state index in [0.29, 0.717) is 17.1 Å². The molecule has 0 aromatic carbocycles. The van der Waals surface area contributed by atoms with Crippen molar-refractivity contribution in [3.05, 3.63) is 39.9 Å². The smallest absolute Gasteiger partial charge is 0.124 e. The van der Waals surface area contributed by atoms with Gasteiger partial charge in [-0.1, -0.05) is 25.4 Å². The Labute approximate surface area is 123 Å². The number of rotatable bonds is 5. The third-order valence-electron chi connectivity index (χ3n) is 3.18. The third-order valence-corrected chi connectivity index (χ3v) is 3.47. The van der Waals surface area contributed by atoms with Crippen molar-refractivity contribution >= 4 is 11.6 Å². The van der Waals surface area contributed by atoms with E-state index in [9.17, 15) is 5.11 Å². The molecule has 0 aliphatic heterocycles. The Morgan fingerprint density at radius 1 is 1.35 bits per heavy atom. The van der Waals surface area contributed by atoms with Crippen LogP contribution in [0.15, 0.2) is 12.3 Å². The van der Waals surface area contributed by atoms with Crippen LogP contribution in [0.5, 0.6) is 0 Å². The molecule has 2 aromatic heterocycles. The molecule has 108 valence electrons. The number of aryl methyl sites for hydroxylation is 3. The van der Waals surface area contributed by atoms with E-state index in [-0.39, 0.29) is 0 Å². The Morgan fingerprint density at radius 3 is 2.75 bits per heavy atom. The van der Waals surface area contributed by atoms with E-state index in [1.54, 1.807) is 10.9 Å². The minimum atomic E-state index is -0.833. The maximum atomic E-state index is 10.7. The lowest BCUT2D eigenvalue weighted by Crippen LogP contribution is -2.13. The molecule has 0 aliphatic carbocycles. The van der Waals surface area contributed by atoms with Crippen molar-refractivity contribution in [1.29, 1.82) is 0 Å². The van der Waals surface area contributed by atoms with Gasteiger partial charge in [-0.15, -0.1) is 0 Å². The van der Waals surface area contributed by atoms with Gasteiger partial charge in [0.25, 0.3) is 0 Å². The monoisotopic (exact) mass is 294 g/mol. The van der Waals surface area contributed by atoms with Crippen LogP contribution in [-0.4, -0.2) is 25.1 Å². The molecule has 1 unspecified atom stereocenters. The number of halogens is 1. The lowest BCUT2D eigenvalue weighted by Gasteiger charge is -2.16. The standard InChI is InChI=1S/C14H19ClN4O/c1-4-6-19-13(11(15)8-16-19)14(20)10-7-9(3)17-18-12(10)5-2/h7-8,14,20H,4-6H2,1-3H3. The summed E-state index contributed by atoms with van der Waals surface area (Å²) in [6.07, 6.45) is 2.37. The molecule has 2 heterocycles. The molecule has 0 saturated carbocycles. The fourth-order valence-corrected chi connectivity index (χ4v) is 2.47. The summed E-state index contributed by atoms with van der Waals surface area (Å²) in [6.45, 7) is 6.62. The highest BCUT2D eigenvalue weighted by molar-refractivity contribution is 6.31. The van der Waals surface area contributed by atoms with Crippen molar-refractivity contribution in [3.63, 3.8) is 0 Å². The van der Waals surface area contributed by atoms with E-state index < -0.39 is 6.10 Å². The Hall–Kier alpha value is -1.46. The Bertz CT molecular complexity index is 597. The van der Waals surface area contributed by atoms with Gasteiger partial charge in [-0.05, 0) is 25.8 Å². The fourth-order valence-electron chi connectivity index (χ4n) is 2.23. The topological polar surface area (TPSA) is 63.8 Å². The van der Waals surface area contributed by atoms with Gasteiger partial charge in [0.2, 0.25) is 0 Å². The van der Waals surface area contributed by atoms with Gasteiger partial charge in [-0.3, -0.25) is 4.68 Å². The largest absolute Gasteiger partial charge is 0.382 e. The van der Waals surface area contributed by atoms with Gasteiger partial charge in [0.1, 0.15) is 6.10 Å². The van der Waals surface area contributed by atoms with Gasteiger partial charge in [0.05, 0.1) is 28.3 Å². The number of hydrogen-bond acceptors (Lipinski definition) is 4. The molecule has 0 spiro atoms. The van der Waals surface area contributed by atoms with E-state index in [0.717, 1.165) is 29.9 Å². The molecular weight excluding hydrogens is 276 g/mol. The van der Waals surface area contributed by atoms with Gasteiger partial charge in [0.15, 0.2) is 0 Å². The van der Waals surface area contributed by atoms with Crippen molar-refractivity contribution in [2.75, 3.05) is 0 Å². The van der Waals surface area contributed by atoms with Crippen LogP contribution in [0.2, 0.25) is 5.02 Å². The van der Waals surface area contributed by atoms with Crippen LogP contribution in [0.25, 0.3) is 0 Å². The van der Waals surface area contributed by atoms with Crippen LogP contribution in [0.1, 0.15) is 49.0 Å². The highest BCUT2D eigenvalue weighted by Crippen LogP contribution is 2.30. The first kappa shape index (κ1) is 14.9. The van der Waals surface area contributed by atoms with E-state index in [1.807, 2.05) is 19.9 Å². The summed E-state index contributed by atoms with van der Waals surface area (Å²) in [4.78, 5) is 0. The molecule has 0 saturated heterocycles. The Morgan fingerprint density at radius 2 is 2.10 bits per heavy atom. The number of aromatic nitrogens is 4. The molecule has 2 rings (SSSR count). The lowest BCUT2D eigenvalue weighted by molar-refractivity contribution is 0.205. The number of aliphatic hydroxyl groups is 1. The fraction of sp³-hybridized carbons (Fsp3) is 0.500. The molecule has 2 aromatic rings. The van der Waals surface area contributed by atoms with E-state index in [2.05, 4.69) is 22.2 Å². The second-order valence-corrected chi connectivity index (χ2v) is 5.15. The first-order valence-corrected chi connectivity index (χ1v) is 7.18. The molecule has 1 atom stereocenters. The predicted octanol–water partition coefficient (Wildman–Crippen LogP) is 2.69. The summed E-state index contributed by atoms with van der Waals surface area (Å²) in [5, 5.41) is 23.6. The molecule has 0 amide bonds. The minimum Gasteiger partial charge on any atom is -0.382 e. The minimum absolute atomic E-state index is 0.475. The summed E-state index contributed by atoms with van der Waals surface area (Å²) in [5.74, 6) is 0. The summed E-state index contributed by atoms with van der Waals surface area (Å²) >= 11 is 6.18. The van der Waals surface area contributed by atoms with Crippen molar-refractivity contribution in [2.45, 2.75) is 46.3 Å². The summed E-state index contributed by atoms with van der Waals surface area (Å²) in [6, 6.07) is 1.86. The van der Waals surface area contributed by atoms with Gasteiger partial charge >= 0.3 is 0 Å². The quantitative estimate of drug-likeness (QED) is 0.921. The maximum absolute atomic E-state index is 10.7. The van der Waals surface area contributed by atoms with Gasteiger partial charge < -0.3 is 5.11 Å². The number of aliphatic hydroxyl groups excluding tert-OH is 1. The lowest BCUT2D eigenvalue weighted by atomic mass is 10.0. The van der Waals surface area contributed by atoms with Gasteiger partial charge in [-0.2, -0.15) is 15.3 Å². The molecule has 0 bridgehead atoms. The zero-order valence-electron chi connectivity index (χ0n) is 12.0. The number of hydrogen-bond donors (Lipinski definition) is 1. The molecule has 20 heavy (non-hydrogen) atoms. The van der Waals surface area contributed by atoms with Crippen molar-refractivity contribution in [1.82, 2.24) is 20.0 Å². The normalized spacial score (nSPS) is 12.7. The van der Waals surface area contributed by atoms with Gasteiger partial charge in [-0.25, -0.2) is 0 Å². The summed E-state index contributed by atoms with van der Waals surface area (Å²) in [5.41, 5.74) is 2.92. The predicted molar refractivity (Wildman–Crippen MR) is 77.7 cm³/mol. The van der Waals surface area contributed by atoms with Crippen molar-refractivity contribution < 1.29 is 5.11 Å². The Balaban J connectivity index is 2.48. The summed E-state index contributed by atoms with van der Waals surface area (Å²) < 4.78 is 1.75. The average Bonchev–Trinajstić information content (AvgIpc) is 2.79. The van der Waals surface area contributed by atoms with Crippen LogP contribution in [0.4, 0.5) is 0 Å². The van der Waals surface area contributed by atoms with E-state index in [4.69, 9.17) is 11.6 Å². The molecule has 1 N–H and O–H groups in total. The zero-order chi connectivity index (χ0) is 14.7. The van der Waals surface area contributed by atoms with Crippen LogP contribution in [-0.2, 0) is 13.0 Å². The van der Waals surface area contributed by atoms with Crippen LogP contribution < -0.4 is 0 Å². The maximum Gasteiger partial charge on any atom is 0.124 e. The SMILES string of the molecule is CCCn1ncc(Cl)c1C(O)c1cc(C)nnc1CC. The zero-order valence-corrected chi connectivity index (χ0v) is 12.7. The molecule has 5 nitrogen and oxygen atoms in total. The molecule has 6 heteroatoms. The van der Waals surface area contributed by atoms with E-state index >= 15 is 0 Å². The Kier molecular flexibility index (Phi) is 4.73. The molecule has 0 aliphatic rings. The van der Waals surface area contributed by atoms with Crippen LogP contribution >= 0.6 is 11.6 Å². The first-order valence-electron chi connectivity index (χ1n) is 6.80.